The van der Waals surface area contributed by atoms with Gasteiger partial charge >= 0.3 is 0 Å². The largest absolute Gasteiger partial charge is 0.381 e. The molecule has 7 rings (SSSR count). The van der Waals surface area contributed by atoms with Gasteiger partial charge in [0.1, 0.15) is 0 Å². The summed E-state index contributed by atoms with van der Waals surface area (Å²) in [5, 5.41) is 6.78. The van der Waals surface area contributed by atoms with Crippen LogP contribution in [0.15, 0.2) is 0 Å². The Hall–Kier alpha value is -0.160. The van der Waals surface area contributed by atoms with Crippen LogP contribution in [0.4, 0.5) is 0 Å². The second-order valence-electron chi connectivity index (χ2n) is 20.2. The van der Waals surface area contributed by atoms with Gasteiger partial charge in [0, 0.05) is 18.8 Å². The summed E-state index contributed by atoms with van der Waals surface area (Å²) in [5.41, 5.74) is 2.06. The van der Waals surface area contributed by atoms with Gasteiger partial charge in [-0.1, -0.05) is 82.1 Å². The maximum absolute atomic E-state index is 5.29. The van der Waals surface area contributed by atoms with E-state index in [9.17, 15) is 0 Å². The number of piperidine rings is 3. The quantitative estimate of drug-likeness (QED) is 0.279. The fourth-order valence-electron chi connectivity index (χ4n) is 8.83. The molecule has 0 aromatic heterocycles. The molecule has 45 heavy (non-hydrogen) atoms. The van der Waals surface area contributed by atoms with Crippen LogP contribution in [-0.2, 0) is 4.74 Å². The molecular formula is C41H81N3O. The molecule has 0 aromatic carbocycles. The maximum Gasteiger partial charge on any atom is 0.0468 e. The number of hydrogen-bond donors (Lipinski definition) is 2. The van der Waals surface area contributed by atoms with Crippen molar-refractivity contribution in [3.8, 4) is 0 Å². The van der Waals surface area contributed by atoms with Crippen molar-refractivity contribution in [1.82, 2.24) is 15.5 Å². The molecule has 4 heteroatoms. The van der Waals surface area contributed by atoms with Crippen LogP contribution in [0, 0.1) is 63.6 Å². The van der Waals surface area contributed by atoms with Gasteiger partial charge in [0.05, 0.1) is 0 Å². The molecule has 3 unspecified atom stereocenters. The van der Waals surface area contributed by atoms with E-state index in [1.54, 1.807) is 0 Å². The lowest BCUT2D eigenvalue weighted by molar-refractivity contribution is 0.0286. The molecular weight excluding hydrogens is 550 g/mol. The van der Waals surface area contributed by atoms with Gasteiger partial charge in [0.2, 0.25) is 0 Å². The van der Waals surface area contributed by atoms with E-state index >= 15 is 0 Å². The zero-order valence-electron chi connectivity index (χ0n) is 32.8. The highest BCUT2D eigenvalue weighted by Gasteiger charge is 2.57. The number of ether oxygens (including phenoxy) is 1. The molecule has 4 nitrogen and oxygen atoms in total. The van der Waals surface area contributed by atoms with Crippen LogP contribution in [0.1, 0.15) is 141 Å². The summed E-state index contributed by atoms with van der Waals surface area (Å²) in [6.45, 7) is 40.1. The molecule has 7 aliphatic rings. The van der Waals surface area contributed by atoms with Crippen LogP contribution >= 0.6 is 0 Å². The van der Waals surface area contributed by atoms with Gasteiger partial charge in [0.25, 0.3) is 0 Å². The molecule has 0 aromatic rings. The fraction of sp³-hybridized carbons (Fsp3) is 1.00. The number of nitrogens with zero attached hydrogens (tertiary/aromatic N) is 1. The maximum atomic E-state index is 5.29. The molecule has 4 saturated heterocycles. The predicted molar refractivity (Wildman–Crippen MR) is 197 cm³/mol. The first-order valence-electron chi connectivity index (χ1n) is 19.6. The molecule has 3 saturated carbocycles. The van der Waals surface area contributed by atoms with Crippen LogP contribution in [0.2, 0.25) is 0 Å². The summed E-state index contributed by atoms with van der Waals surface area (Å²) in [6, 6.07) is 0. The van der Waals surface area contributed by atoms with Crippen molar-refractivity contribution in [2.24, 2.45) is 63.6 Å². The molecule has 3 aliphatic carbocycles. The minimum atomic E-state index is 0.403. The molecule has 0 spiro atoms. The summed E-state index contributed by atoms with van der Waals surface area (Å²) < 4.78 is 5.29. The smallest absolute Gasteiger partial charge is 0.0468 e. The minimum absolute atomic E-state index is 0.403. The molecule has 7 fully saturated rings. The van der Waals surface area contributed by atoms with Gasteiger partial charge in [-0.2, -0.15) is 0 Å². The van der Waals surface area contributed by atoms with E-state index in [1.165, 1.54) is 90.6 Å². The number of nitrogens with one attached hydrogen (secondary N) is 2. The van der Waals surface area contributed by atoms with Gasteiger partial charge in [0.15, 0.2) is 0 Å². The minimum Gasteiger partial charge on any atom is -0.381 e. The molecule has 4 heterocycles. The van der Waals surface area contributed by atoms with Crippen molar-refractivity contribution in [1.29, 1.82) is 0 Å². The lowest BCUT2D eigenvalue weighted by atomic mass is 9.69. The van der Waals surface area contributed by atoms with Crippen LogP contribution in [-0.4, -0.2) is 62.9 Å². The van der Waals surface area contributed by atoms with E-state index in [0.717, 1.165) is 60.6 Å². The van der Waals surface area contributed by atoms with Crippen molar-refractivity contribution in [2.45, 2.75) is 147 Å². The Balaban J connectivity index is 0.000000154. The summed E-state index contributed by atoms with van der Waals surface area (Å²) in [4.78, 5) is 2.58. The summed E-state index contributed by atoms with van der Waals surface area (Å²) in [7, 11) is 0. The van der Waals surface area contributed by atoms with Crippen molar-refractivity contribution < 1.29 is 4.74 Å². The van der Waals surface area contributed by atoms with E-state index in [0.29, 0.717) is 21.8 Å². The highest BCUT2D eigenvalue weighted by atomic mass is 16.5. The average molecular weight is 632 g/mol. The third-order valence-corrected chi connectivity index (χ3v) is 12.7. The first-order valence-corrected chi connectivity index (χ1v) is 19.6. The van der Waals surface area contributed by atoms with Crippen LogP contribution in [0.25, 0.3) is 0 Å². The molecule has 5 atom stereocenters. The molecule has 2 N–H and O–H groups in total. The Morgan fingerprint density at radius 1 is 0.511 bits per heavy atom. The van der Waals surface area contributed by atoms with Gasteiger partial charge < -0.3 is 15.4 Å². The molecule has 0 radical (unpaired) electrons. The number of hydrogen-bond acceptors (Lipinski definition) is 4. The summed E-state index contributed by atoms with van der Waals surface area (Å²) >= 11 is 0. The topological polar surface area (TPSA) is 36.5 Å². The summed E-state index contributed by atoms with van der Waals surface area (Å²) in [5.74, 6) is 8.18. The van der Waals surface area contributed by atoms with E-state index in [1.807, 2.05) is 0 Å². The Kier molecular flexibility index (Phi) is 14.4. The van der Waals surface area contributed by atoms with Crippen molar-refractivity contribution in [3.05, 3.63) is 0 Å². The van der Waals surface area contributed by atoms with Gasteiger partial charge in [-0.05, 0) is 162 Å². The highest BCUT2D eigenvalue weighted by Crippen LogP contribution is 2.57. The van der Waals surface area contributed by atoms with Crippen molar-refractivity contribution in [2.75, 3.05) is 52.5 Å². The standard InChI is InChI=1S/C9H17N.C9H19N.C9H18O.C8H16.C6H11N/c1-9(2,3)8-6-4-10-5-7(6)8;1-9(2,3)10-7-5-4-6-8-10;1-9(2,3)8-4-6-10-7-5-8;1-8(2,3)7-5-4-6-7;1-4-5-2-7-3-6(4)5/h6-8,10H,4-5H2,1-3H3;4-8H2,1-3H3;8H,4-7H2,1-3H3;7H,4-6H2,1-3H3;4-7H,2-3H2,1H3/t;;;;4?,5-,6+. The second-order valence-corrected chi connectivity index (χ2v) is 20.2. The predicted octanol–water partition coefficient (Wildman–Crippen LogP) is 9.53. The average Bonchev–Trinajstić information content (AvgIpc) is 3.54. The zero-order valence-corrected chi connectivity index (χ0v) is 32.8. The van der Waals surface area contributed by atoms with E-state index < -0.39 is 0 Å². The van der Waals surface area contributed by atoms with Crippen LogP contribution in [0.5, 0.6) is 0 Å². The zero-order chi connectivity index (χ0) is 33.6. The van der Waals surface area contributed by atoms with Crippen molar-refractivity contribution >= 4 is 0 Å². The highest BCUT2D eigenvalue weighted by molar-refractivity contribution is 5.08. The number of fused-ring (bicyclic) bond motifs is 2. The van der Waals surface area contributed by atoms with E-state index in [4.69, 9.17) is 4.74 Å². The second kappa shape index (κ2) is 16.5. The monoisotopic (exact) mass is 632 g/mol. The van der Waals surface area contributed by atoms with E-state index in [-0.39, 0.29) is 0 Å². The molecule has 266 valence electrons. The van der Waals surface area contributed by atoms with Crippen LogP contribution in [0.3, 0.4) is 0 Å². The van der Waals surface area contributed by atoms with Gasteiger partial charge in [-0.3, -0.25) is 4.90 Å². The normalized spacial score (nSPS) is 33.3. The lowest BCUT2D eigenvalue weighted by Crippen LogP contribution is -2.44. The third kappa shape index (κ3) is 12.7. The number of rotatable bonds is 0. The Morgan fingerprint density at radius 3 is 1.16 bits per heavy atom. The molecule has 0 bridgehead atoms. The Labute approximate surface area is 282 Å². The van der Waals surface area contributed by atoms with Gasteiger partial charge in [-0.25, -0.2) is 0 Å². The van der Waals surface area contributed by atoms with Crippen LogP contribution < -0.4 is 10.6 Å². The summed E-state index contributed by atoms with van der Waals surface area (Å²) in [6.07, 6.45) is 11.2. The lowest BCUT2D eigenvalue weighted by Gasteiger charge is -2.38. The Morgan fingerprint density at radius 2 is 0.933 bits per heavy atom. The first kappa shape index (κ1) is 39.3. The first-order chi connectivity index (χ1) is 20.8. The van der Waals surface area contributed by atoms with Gasteiger partial charge in [-0.15, -0.1) is 0 Å². The van der Waals surface area contributed by atoms with Crippen molar-refractivity contribution in [3.63, 3.8) is 0 Å². The fourth-order valence-corrected chi connectivity index (χ4v) is 8.83. The SMILES string of the molecule is CC(C)(C)C1C2CNCC21.CC(C)(C)C1CCC1.CC(C)(C)C1CCOCC1.CC(C)(C)N1CCCCC1.CC1[C@H]2CNC[C@@H]12. The number of likely N-dealkylation sites (tertiary alicyclic amines) is 1. The molecule has 4 aliphatic heterocycles. The third-order valence-electron chi connectivity index (χ3n) is 12.7. The Bertz CT molecular complexity index is 762. The molecule has 0 amide bonds. The van der Waals surface area contributed by atoms with E-state index in [2.05, 4.69) is 106 Å².